The van der Waals surface area contributed by atoms with E-state index in [1.165, 1.54) is 12.1 Å². The Balaban J connectivity index is 1.94. The molecule has 1 aliphatic heterocycles. The summed E-state index contributed by atoms with van der Waals surface area (Å²) in [5.41, 5.74) is 0.451. The highest BCUT2D eigenvalue weighted by atomic mass is 35.5. The molecule has 2 aromatic rings. The van der Waals surface area contributed by atoms with Gasteiger partial charge >= 0.3 is 6.09 Å². The van der Waals surface area contributed by atoms with Crippen LogP contribution in [0.4, 0.5) is 13.6 Å². The second kappa shape index (κ2) is 7.06. The summed E-state index contributed by atoms with van der Waals surface area (Å²) in [7, 11) is 0. The zero-order valence-electron chi connectivity index (χ0n) is 12.8. The van der Waals surface area contributed by atoms with Gasteiger partial charge in [0.05, 0.1) is 12.6 Å². The molecule has 3 rings (SSSR count). The molecule has 1 heterocycles. The van der Waals surface area contributed by atoms with E-state index in [0.29, 0.717) is 10.6 Å². The highest BCUT2D eigenvalue weighted by Gasteiger charge is 2.32. The van der Waals surface area contributed by atoms with E-state index in [2.05, 4.69) is 10.6 Å². The van der Waals surface area contributed by atoms with Gasteiger partial charge in [0.15, 0.2) is 17.7 Å². The molecule has 0 bridgehead atoms. The van der Waals surface area contributed by atoms with Crippen LogP contribution in [-0.4, -0.2) is 24.6 Å². The van der Waals surface area contributed by atoms with Crippen molar-refractivity contribution in [2.45, 2.75) is 12.1 Å². The fraction of sp³-hybridized carbons (Fsp3) is 0.176. The van der Waals surface area contributed by atoms with Crippen LogP contribution in [0.15, 0.2) is 42.5 Å². The van der Waals surface area contributed by atoms with Crippen LogP contribution in [0.1, 0.15) is 17.2 Å². The lowest BCUT2D eigenvalue weighted by molar-refractivity contribution is -0.128. The number of carbonyl (C=O) groups is 2. The normalized spacial score (nSPS) is 17.6. The van der Waals surface area contributed by atoms with Gasteiger partial charge in [-0.25, -0.2) is 13.6 Å². The number of benzene rings is 2. The van der Waals surface area contributed by atoms with Crippen LogP contribution >= 0.6 is 11.6 Å². The maximum absolute atomic E-state index is 14.3. The third-order valence-corrected chi connectivity index (χ3v) is 4.01. The Morgan fingerprint density at radius 2 is 1.96 bits per heavy atom. The van der Waals surface area contributed by atoms with Gasteiger partial charge in [-0.05, 0) is 23.8 Å². The van der Waals surface area contributed by atoms with Gasteiger partial charge < -0.3 is 15.4 Å². The average Bonchev–Trinajstić information content (AvgIpc) is 3.03. The fourth-order valence-electron chi connectivity index (χ4n) is 2.51. The quantitative estimate of drug-likeness (QED) is 0.874. The zero-order chi connectivity index (χ0) is 18.0. The molecule has 0 saturated carbocycles. The van der Waals surface area contributed by atoms with E-state index in [0.717, 1.165) is 6.07 Å². The highest BCUT2D eigenvalue weighted by Crippen LogP contribution is 2.27. The Hall–Kier alpha value is -2.67. The van der Waals surface area contributed by atoms with Crippen molar-refractivity contribution < 1.29 is 23.1 Å². The van der Waals surface area contributed by atoms with Crippen molar-refractivity contribution in [2.75, 3.05) is 6.54 Å². The summed E-state index contributed by atoms with van der Waals surface area (Å²) in [6.45, 7) is 0.00361. The second-order valence-electron chi connectivity index (χ2n) is 5.41. The van der Waals surface area contributed by atoms with Crippen LogP contribution in [0.25, 0.3) is 0 Å². The Morgan fingerprint density at radius 3 is 2.60 bits per heavy atom. The number of rotatable bonds is 4. The number of hydrogen-bond acceptors (Lipinski definition) is 3. The van der Waals surface area contributed by atoms with Crippen LogP contribution in [0, 0.1) is 11.6 Å². The molecule has 1 saturated heterocycles. The van der Waals surface area contributed by atoms with Crippen molar-refractivity contribution >= 4 is 23.6 Å². The Bertz CT molecular complexity index is 814. The van der Waals surface area contributed by atoms with Gasteiger partial charge in [-0.3, -0.25) is 4.79 Å². The molecule has 1 unspecified atom stereocenters. The molecule has 5 nitrogen and oxygen atoms in total. The first-order valence-electron chi connectivity index (χ1n) is 7.40. The van der Waals surface area contributed by atoms with Crippen molar-refractivity contribution in [3.05, 3.63) is 70.2 Å². The molecule has 0 radical (unpaired) electrons. The molecule has 2 N–H and O–H groups in total. The van der Waals surface area contributed by atoms with E-state index in [1.54, 1.807) is 24.3 Å². The predicted molar refractivity (Wildman–Crippen MR) is 86.1 cm³/mol. The van der Waals surface area contributed by atoms with Gasteiger partial charge in [-0.15, -0.1) is 0 Å². The second-order valence-corrected chi connectivity index (χ2v) is 5.85. The number of hydrogen-bond donors (Lipinski definition) is 2. The van der Waals surface area contributed by atoms with Crippen LogP contribution < -0.4 is 10.6 Å². The number of halogens is 3. The van der Waals surface area contributed by atoms with E-state index in [4.69, 9.17) is 16.3 Å². The summed E-state index contributed by atoms with van der Waals surface area (Å²) in [5.74, 6) is -2.72. The standard InChI is InChI=1S/C17H13ClF2N2O3/c18-10-6-4-9(5-7-10)15(11-2-1-3-12(19)14(11)20)22-16(23)13-8-21-17(24)25-13/h1-7,13,15H,8H2,(H,21,24)(H,22,23)/t13?,15-/m0/s1. The minimum absolute atomic E-state index is 0.00361. The van der Waals surface area contributed by atoms with Crippen molar-refractivity contribution in [1.29, 1.82) is 0 Å². The van der Waals surface area contributed by atoms with Gasteiger partial charge in [0, 0.05) is 10.6 Å². The molecule has 2 aromatic carbocycles. The lowest BCUT2D eigenvalue weighted by Gasteiger charge is -2.22. The maximum Gasteiger partial charge on any atom is 0.408 e. The van der Waals surface area contributed by atoms with Crippen LogP contribution in [0.3, 0.4) is 0 Å². The van der Waals surface area contributed by atoms with Gasteiger partial charge in [-0.2, -0.15) is 0 Å². The van der Waals surface area contributed by atoms with E-state index in [9.17, 15) is 18.4 Å². The molecular formula is C17H13ClF2N2O3. The molecular weight excluding hydrogens is 354 g/mol. The molecule has 0 aliphatic carbocycles. The summed E-state index contributed by atoms with van der Waals surface area (Å²) >= 11 is 5.86. The van der Waals surface area contributed by atoms with Crippen molar-refractivity contribution in [3.8, 4) is 0 Å². The van der Waals surface area contributed by atoms with Crippen molar-refractivity contribution in [3.63, 3.8) is 0 Å². The van der Waals surface area contributed by atoms with E-state index in [-0.39, 0.29) is 12.1 Å². The molecule has 130 valence electrons. The number of amides is 2. The maximum atomic E-state index is 14.3. The average molecular weight is 367 g/mol. The van der Waals surface area contributed by atoms with Crippen LogP contribution in [0.5, 0.6) is 0 Å². The van der Waals surface area contributed by atoms with Crippen LogP contribution in [-0.2, 0) is 9.53 Å². The summed E-state index contributed by atoms with van der Waals surface area (Å²) in [6, 6.07) is 9.07. The topological polar surface area (TPSA) is 67.4 Å². The largest absolute Gasteiger partial charge is 0.434 e. The van der Waals surface area contributed by atoms with Gasteiger partial charge in [-0.1, -0.05) is 35.9 Å². The van der Waals surface area contributed by atoms with Crippen molar-refractivity contribution in [1.82, 2.24) is 10.6 Å². The van der Waals surface area contributed by atoms with Crippen molar-refractivity contribution in [2.24, 2.45) is 0 Å². The number of nitrogens with one attached hydrogen (secondary N) is 2. The summed E-state index contributed by atoms with van der Waals surface area (Å²) < 4.78 is 32.7. The molecule has 1 aliphatic rings. The van der Waals surface area contributed by atoms with E-state index < -0.39 is 35.8 Å². The molecule has 0 aromatic heterocycles. The Labute approximate surface area is 146 Å². The SMILES string of the molecule is O=C1NCC(C(=O)N[C@@H](c2ccc(Cl)cc2)c2cccc(F)c2F)O1. The number of alkyl carbamates (subject to hydrolysis) is 1. The van der Waals surface area contributed by atoms with Crippen LogP contribution in [0.2, 0.25) is 5.02 Å². The number of cyclic esters (lactones) is 1. The molecule has 2 atom stereocenters. The first-order valence-corrected chi connectivity index (χ1v) is 7.77. The summed E-state index contributed by atoms with van der Waals surface area (Å²) in [5, 5.41) is 5.41. The van der Waals surface area contributed by atoms with E-state index >= 15 is 0 Å². The lowest BCUT2D eigenvalue weighted by Crippen LogP contribution is -2.39. The third kappa shape index (κ3) is 3.71. The van der Waals surface area contributed by atoms with Gasteiger partial charge in [0.2, 0.25) is 0 Å². The smallest absolute Gasteiger partial charge is 0.408 e. The summed E-state index contributed by atoms with van der Waals surface area (Å²) in [6.07, 6.45) is -1.75. The Morgan fingerprint density at radius 1 is 1.24 bits per heavy atom. The zero-order valence-corrected chi connectivity index (χ0v) is 13.5. The van der Waals surface area contributed by atoms with E-state index in [1.807, 2.05) is 0 Å². The fourth-order valence-corrected chi connectivity index (χ4v) is 2.64. The molecule has 8 heteroatoms. The molecule has 25 heavy (non-hydrogen) atoms. The predicted octanol–water partition coefficient (Wildman–Crippen LogP) is 2.93. The molecule has 2 amide bonds. The minimum atomic E-state index is -1.07. The number of ether oxygens (including phenoxy) is 1. The first-order chi connectivity index (χ1) is 12.0. The lowest BCUT2D eigenvalue weighted by atomic mass is 9.97. The minimum Gasteiger partial charge on any atom is -0.434 e. The third-order valence-electron chi connectivity index (χ3n) is 3.76. The summed E-state index contributed by atoms with van der Waals surface area (Å²) in [4.78, 5) is 23.4. The number of carbonyl (C=O) groups excluding carboxylic acids is 2. The van der Waals surface area contributed by atoms with Gasteiger partial charge in [0.1, 0.15) is 0 Å². The highest BCUT2D eigenvalue weighted by molar-refractivity contribution is 6.30. The monoisotopic (exact) mass is 366 g/mol. The van der Waals surface area contributed by atoms with Gasteiger partial charge in [0.25, 0.3) is 5.91 Å². The first kappa shape index (κ1) is 17.2. The molecule has 0 spiro atoms. The Kier molecular flexibility index (Phi) is 4.85. The molecule has 1 fully saturated rings.